The summed E-state index contributed by atoms with van der Waals surface area (Å²) < 4.78 is 25.4. The third-order valence-corrected chi connectivity index (χ3v) is 1.45. The summed E-state index contributed by atoms with van der Waals surface area (Å²) in [5.41, 5.74) is 0. The average molecular weight is 187 g/mol. The number of hydrogen-bond acceptors (Lipinski definition) is 2. The van der Waals surface area contributed by atoms with E-state index in [-0.39, 0.29) is 6.54 Å². The number of nitrogens with one attached hydrogen (secondary N) is 1. The Bertz CT molecular complexity index is 270. The fourth-order valence-electron chi connectivity index (χ4n) is 0.936. The maximum atomic E-state index is 12.0. The first-order valence-electron chi connectivity index (χ1n) is 3.88. The summed E-state index contributed by atoms with van der Waals surface area (Å²) in [7, 11) is 0. The van der Waals surface area contributed by atoms with E-state index in [9.17, 15) is 8.78 Å². The monoisotopic (exact) mass is 187 g/mol. The van der Waals surface area contributed by atoms with Gasteiger partial charge < -0.3 is 9.88 Å². The molecule has 5 heteroatoms. The van der Waals surface area contributed by atoms with E-state index in [1.807, 2.05) is 0 Å². The van der Waals surface area contributed by atoms with E-state index < -0.39 is 6.43 Å². The Hall–Kier alpha value is -1.39. The lowest BCUT2D eigenvalue weighted by molar-refractivity contribution is 0.127. The normalized spacial score (nSPS) is 10.4. The van der Waals surface area contributed by atoms with Gasteiger partial charge in [-0.1, -0.05) is 6.08 Å². The lowest BCUT2D eigenvalue weighted by Crippen LogP contribution is -2.11. The van der Waals surface area contributed by atoms with Gasteiger partial charge in [0.05, 0.1) is 6.54 Å². The molecule has 0 bridgehead atoms. The van der Waals surface area contributed by atoms with Crippen molar-refractivity contribution in [2.24, 2.45) is 0 Å². The van der Waals surface area contributed by atoms with Gasteiger partial charge in [0.25, 0.3) is 6.43 Å². The summed E-state index contributed by atoms with van der Waals surface area (Å²) in [6.45, 7) is 3.68. The predicted molar refractivity (Wildman–Crippen MR) is 46.9 cm³/mol. The van der Waals surface area contributed by atoms with Gasteiger partial charge >= 0.3 is 0 Å². The highest BCUT2D eigenvalue weighted by Gasteiger charge is 2.07. The number of rotatable bonds is 5. The molecule has 0 saturated heterocycles. The molecule has 0 radical (unpaired) electrons. The van der Waals surface area contributed by atoms with E-state index in [0.29, 0.717) is 12.5 Å². The first-order chi connectivity index (χ1) is 6.24. The first-order valence-corrected chi connectivity index (χ1v) is 3.88. The van der Waals surface area contributed by atoms with Crippen LogP contribution in [0.4, 0.5) is 14.7 Å². The van der Waals surface area contributed by atoms with Gasteiger partial charge in [0.15, 0.2) is 0 Å². The zero-order chi connectivity index (χ0) is 9.68. The van der Waals surface area contributed by atoms with Crippen LogP contribution in [0.5, 0.6) is 0 Å². The fourth-order valence-corrected chi connectivity index (χ4v) is 0.936. The van der Waals surface area contributed by atoms with Crippen LogP contribution in [0, 0.1) is 0 Å². The Labute approximate surface area is 75.1 Å². The zero-order valence-electron chi connectivity index (χ0n) is 7.08. The van der Waals surface area contributed by atoms with Crippen molar-refractivity contribution in [3.8, 4) is 0 Å². The molecule has 0 saturated carbocycles. The van der Waals surface area contributed by atoms with E-state index in [1.54, 1.807) is 6.08 Å². The molecule has 0 unspecified atom stereocenters. The van der Waals surface area contributed by atoms with Crippen molar-refractivity contribution in [2.45, 2.75) is 13.0 Å². The molecule has 0 aromatic carbocycles. The minimum absolute atomic E-state index is 0.334. The maximum Gasteiger partial charge on any atom is 0.256 e. The Morgan fingerprint density at radius 2 is 2.46 bits per heavy atom. The smallest absolute Gasteiger partial charge is 0.256 e. The third-order valence-electron chi connectivity index (χ3n) is 1.45. The van der Waals surface area contributed by atoms with Crippen molar-refractivity contribution in [3.63, 3.8) is 0 Å². The molecule has 0 fully saturated rings. The van der Waals surface area contributed by atoms with Crippen molar-refractivity contribution in [3.05, 3.63) is 25.0 Å². The molecular weight excluding hydrogens is 176 g/mol. The Morgan fingerprint density at radius 3 is 3.08 bits per heavy atom. The largest absolute Gasteiger partial charge is 0.352 e. The maximum absolute atomic E-state index is 12.0. The second-order valence-electron chi connectivity index (χ2n) is 2.46. The van der Waals surface area contributed by atoms with Crippen molar-refractivity contribution in [1.29, 1.82) is 0 Å². The second kappa shape index (κ2) is 4.59. The number of nitrogens with zero attached hydrogens (tertiary/aromatic N) is 2. The summed E-state index contributed by atoms with van der Waals surface area (Å²) in [5, 5.41) is 2.85. The van der Waals surface area contributed by atoms with E-state index in [1.165, 1.54) is 17.0 Å². The number of alkyl halides is 2. The highest BCUT2D eigenvalue weighted by molar-refractivity contribution is 5.26. The van der Waals surface area contributed by atoms with E-state index >= 15 is 0 Å². The van der Waals surface area contributed by atoms with Gasteiger partial charge in [-0.3, -0.25) is 0 Å². The molecule has 3 nitrogen and oxygen atoms in total. The van der Waals surface area contributed by atoms with Crippen molar-refractivity contribution in [1.82, 2.24) is 9.55 Å². The molecule has 1 aromatic rings. The van der Waals surface area contributed by atoms with Crippen LogP contribution in [0.1, 0.15) is 0 Å². The SMILES string of the molecule is C=CCNc1nccn1CC(F)F. The number of imidazole rings is 1. The van der Waals surface area contributed by atoms with Crippen LogP contribution in [0.15, 0.2) is 25.0 Å². The van der Waals surface area contributed by atoms with Crippen molar-refractivity contribution < 1.29 is 8.78 Å². The molecule has 1 rings (SSSR count). The van der Waals surface area contributed by atoms with Crippen LogP contribution >= 0.6 is 0 Å². The van der Waals surface area contributed by atoms with Crippen LogP contribution in [0.2, 0.25) is 0 Å². The third kappa shape index (κ3) is 2.85. The minimum atomic E-state index is -2.36. The summed E-state index contributed by atoms with van der Waals surface area (Å²) >= 11 is 0. The quantitative estimate of drug-likeness (QED) is 0.711. The molecule has 0 amide bonds. The van der Waals surface area contributed by atoms with Crippen LogP contribution in [-0.4, -0.2) is 22.5 Å². The Balaban J connectivity index is 2.59. The Kier molecular flexibility index (Phi) is 3.42. The van der Waals surface area contributed by atoms with Gasteiger partial charge in [0, 0.05) is 18.9 Å². The van der Waals surface area contributed by atoms with E-state index in [2.05, 4.69) is 16.9 Å². The van der Waals surface area contributed by atoms with E-state index in [4.69, 9.17) is 0 Å². The van der Waals surface area contributed by atoms with E-state index in [0.717, 1.165) is 0 Å². The van der Waals surface area contributed by atoms with Crippen LogP contribution in [0.3, 0.4) is 0 Å². The molecule has 0 aliphatic rings. The second-order valence-corrected chi connectivity index (χ2v) is 2.46. The average Bonchev–Trinajstić information content (AvgIpc) is 2.48. The van der Waals surface area contributed by atoms with Gasteiger partial charge in [-0.15, -0.1) is 6.58 Å². The standard InChI is InChI=1S/C8H11F2N3/c1-2-3-11-8-12-4-5-13(8)6-7(9)10/h2,4-5,7H,1,3,6H2,(H,11,12). The highest BCUT2D eigenvalue weighted by atomic mass is 19.3. The summed E-state index contributed by atoms with van der Waals surface area (Å²) in [6, 6.07) is 0. The molecular formula is C8H11F2N3. The minimum Gasteiger partial charge on any atom is -0.352 e. The zero-order valence-corrected chi connectivity index (χ0v) is 7.08. The predicted octanol–water partition coefficient (Wildman–Crippen LogP) is 1.75. The van der Waals surface area contributed by atoms with Gasteiger partial charge in [0.1, 0.15) is 0 Å². The lowest BCUT2D eigenvalue weighted by Gasteiger charge is -2.06. The highest BCUT2D eigenvalue weighted by Crippen LogP contribution is 2.07. The Morgan fingerprint density at radius 1 is 1.69 bits per heavy atom. The number of aromatic nitrogens is 2. The number of halogens is 2. The van der Waals surface area contributed by atoms with Crippen molar-refractivity contribution in [2.75, 3.05) is 11.9 Å². The molecule has 1 N–H and O–H groups in total. The summed E-state index contributed by atoms with van der Waals surface area (Å²) in [6.07, 6.45) is 2.27. The van der Waals surface area contributed by atoms with Gasteiger partial charge in [-0.05, 0) is 0 Å². The molecule has 0 aliphatic carbocycles. The molecule has 1 heterocycles. The van der Waals surface area contributed by atoms with Crippen LogP contribution in [0.25, 0.3) is 0 Å². The molecule has 72 valence electrons. The number of anilines is 1. The lowest BCUT2D eigenvalue weighted by atomic mass is 10.6. The number of hydrogen-bond donors (Lipinski definition) is 1. The molecule has 0 spiro atoms. The molecule has 13 heavy (non-hydrogen) atoms. The van der Waals surface area contributed by atoms with Crippen LogP contribution < -0.4 is 5.32 Å². The van der Waals surface area contributed by atoms with Gasteiger partial charge in [0.2, 0.25) is 5.95 Å². The molecule has 0 atom stereocenters. The molecule has 1 aromatic heterocycles. The summed E-state index contributed by atoms with van der Waals surface area (Å²) in [4.78, 5) is 3.88. The van der Waals surface area contributed by atoms with Gasteiger partial charge in [-0.2, -0.15) is 0 Å². The van der Waals surface area contributed by atoms with Crippen LogP contribution in [-0.2, 0) is 6.54 Å². The van der Waals surface area contributed by atoms with Gasteiger partial charge in [-0.25, -0.2) is 13.8 Å². The summed E-state index contributed by atoms with van der Waals surface area (Å²) in [5.74, 6) is 0.445. The van der Waals surface area contributed by atoms with Crippen molar-refractivity contribution >= 4 is 5.95 Å². The fraction of sp³-hybridized carbons (Fsp3) is 0.375. The molecule has 0 aliphatic heterocycles. The first kappa shape index (κ1) is 9.70. The topological polar surface area (TPSA) is 29.9 Å².